The van der Waals surface area contributed by atoms with Gasteiger partial charge in [-0.3, -0.25) is 4.79 Å². The fourth-order valence-corrected chi connectivity index (χ4v) is 2.33. The number of carbonyl (C=O) groups is 1. The summed E-state index contributed by atoms with van der Waals surface area (Å²) in [6.45, 7) is 0. The Morgan fingerprint density at radius 3 is 2.33 bits per heavy atom. The summed E-state index contributed by atoms with van der Waals surface area (Å²) in [7, 11) is 0. The van der Waals surface area contributed by atoms with E-state index in [9.17, 15) is 18.0 Å². The topological polar surface area (TPSA) is 26.3 Å². The number of halogens is 3. The molecule has 0 aliphatic rings. The number of alkyl halides is 3. The molecule has 0 aliphatic heterocycles. The first-order chi connectivity index (χ1) is 8.49. The maximum absolute atomic E-state index is 12.0. The highest BCUT2D eigenvalue weighted by Crippen LogP contribution is 2.31. The van der Waals surface area contributed by atoms with Crippen molar-refractivity contribution in [3.8, 4) is 16.2 Å². The van der Waals surface area contributed by atoms with Crippen molar-refractivity contribution in [2.75, 3.05) is 0 Å². The van der Waals surface area contributed by atoms with Crippen molar-refractivity contribution in [3.05, 3.63) is 41.3 Å². The first kappa shape index (κ1) is 12.6. The van der Waals surface area contributed by atoms with Gasteiger partial charge in [-0.15, -0.1) is 24.5 Å². The summed E-state index contributed by atoms with van der Waals surface area (Å²) in [4.78, 5) is 11.5. The molecular formula is C12H7F3O2S. The van der Waals surface area contributed by atoms with Crippen LogP contribution in [-0.4, -0.2) is 12.6 Å². The lowest BCUT2D eigenvalue weighted by Crippen LogP contribution is -2.16. The van der Waals surface area contributed by atoms with Crippen LogP contribution in [0.2, 0.25) is 0 Å². The summed E-state index contributed by atoms with van der Waals surface area (Å²) in [6.07, 6.45) is -3.98. The number of aldehydes is 1. The van der Waals surface area contributed by atoms with Gasteiger partial charge in [-0.1, -0.05) is 0 Å². The smallest absolute Gasteiger partial charge is 0.406 e. The molecule has 6 heteroatoms. The van der Waals surface area contributed by atoms with E-state index in [0.29, 0.717) is 17.4 Å². The number of rotatable bonds is 3. The van der Waals surface area contributed by atoms with Crippen LogP contribution in [0.15, 0.2) is 35.7 Å². The Kier molecular flexibility index (Phi) is 3.38. The van der Waals surface area contributed by atoms with E-state index >= 15 is 0 Å². The predicted octanol–water partition coefficient (Wildman–Crippen LogP) is 4.13. The van der Waals surface area contributed by atoms with Crippen molar-refractivity contribution in [1.82, 2.24) is 0 Å². The maximum atomic E-state index is 12.0. The van der Waals surface area contributed by atoms with Gasteiger partial charge in [0.05, 0.1) is 0 Å². The summed E-state index contributed by atoms with van der Waals surface area (Å²) >= 11 is 1.35. The lowest BCUT2D eigenvalue weighted by atomic mass is 10.1. The lowest BCUT2D eigenvalue weighted by molar-refractivity contribution is -0.274. The van der Waals surface area contributed by atoms with Gasteiger partial charge in [0, 0.05) is 10.4 Å². The van der Waals surface area contributed by atoms with Crippen molar-refractivity contribution >= 4 is 17.6 Å². The third-order valence-corrected chi connectivity index (χ3v) is 3.15. The average Bonchev–Trinajstić information content (AvgIpc) is 2.76. The molecule has 18 heavy (non-hydrogen) atoms. The van der Waals surface area contributed by atoms with Crippen LogP contribution in [-0.2, 0) is 0 Å². The van der Waals surface area contributed by atoms with E-state index in [1.54, 1.807) is 11.4 Å². The number of hydrogen-bond donors (Lipinski definition) is 0. The van der Waals surface area contributed by atoms with Gasteiger partial charge < -0.3 is 4.74 Å². The van der Waals surface area contributed by atoms with Gasteiger partial charge in [0.15, 0.2) is 6.29 Å². The average molecular weight is 272 g/mol. The van der Waals surface area contributed by atoms with E-state index in [0.717, 1.165) is 4.88 Å². The van der Waals surface area contributed by atoms with Gasteiger partial charge in [0.25, 0.3) is 0 Å². The number of ether oxygens (including phenoxy) is 1. The SMILES string of the molecule is O=Cc1ccsc1-c1ccc(OC(F)(F)F)cc1. The largest absolute Gasteiger partial charge is 0.573 e. The monoisotopic (exact) mass is 272 g/mol. The summed E-state index contributed by atoms with van der Waals surface area (Å²) in [6, 6.07) is 7.07. The van der Waals surface area contributed by atoms with Crippen LogP contribution in [0.3, 0.4) is 0 Å². The van der Waals surface area contributed by atoms with Crippen LogP contribution in [0.5, 0.6) is 5.75 Å². The molecule has 2 aromatic rings. The summed E-state index contributed by atoms with van der Waals surface area (Å²) in [5.41, 5.74) is 1.20. The molecule has 0 unspecified atom stereocenters. The van der Waals surface area contributed by atoms with E-state index in [1.807, 2.05) is 0 Å². The molecule has 2 nitrogen and oxygen atoms in total. The molecule has 0 spiro atoms. The molecule has 0 atom stereocenters. The zero-order chi connectivity index (χ0) is 13.2. The first-order valence-corrected chi connectivity index (χ1v) is 5.76. The van der Waals surface area contributed by atoms with Gasteiger partial charge in [-0.05, 0) is 41.3 Å². The summed E-state index contributed by atoms with van der Waals surface area (Å²) < 4.78 is 39.7. The van der Waals surface area contributed by atoms with Crippen molar-refractivity contribution in [2.24, 2.45) is 0 Å². The van der Waals surface area contributed by atoms with Crippen LogP contribution < -0.4 is 4.74 Å². The summed E-state index contributed by atoms with van der Waals surface area (Å²) in [5, 5.41) is 1.75. The van der Waals surface area contributed by atoms with Gasteiger partial charge in [-0.2, -0.15) is 0 Å². The highest BCUT2D eigenvalue weighted by Gasteiger charge is 2.30. The van der Waals surface area contributed by atoms with E-state index in [4.69, 9.17) is 0 Å². The molecular weight excluding hydrogens is 265 g/mol. The Hall–Kier alpha value is -1.82. The van der Waals surface area contributed by atoms with Gasteiger partial charge in [0.1, 0.15) is 5.75 Å². The summed E-state index contributed by atoms with van der Waals surface area (Å²) in [5.74, 6) is -0.282. The Balaban J connectivity index is 2.25. The standard InChI is InChI=1S/C12H7F3O2S/c13-12(14,15)17-10-3-1-8(2-4-10)11-9(7-16)5-6-18-11/h1-7H. The number of hydrogen-bond acceptors (Lipinski definition) is 3. The van der Waals surface area contributed by atoms with Gasteiger partial charge >= 0.3 is 6.36 Å². The molecule has 0 aliphatic carbocycles. The Labute approximate surface area is 105 Å². The minimum absolute atomic E-state index is 0.282. The van der Waals surface area contributed by atoms with Crippen LogP contribution in [0.4, 0.5) is 13.2 Å². The molecule has 0 fully saturated rings. The quantitative estimate of drug-likeness (QED) is 0.785. The van der Waals surface area contributed by atoms with Crippen molar-refractivity contribution in [2.45, 2.75) is 6.36 Å². The van der Waals surface area contributed by atoms with E-state index in [-0.39, 0.29) is 5.75 Å². The number of benzene rings is 1. The fourth-order valence-electron chi connectivity index (χ4n) is 1.45. The number of thiophene rings is 1. The third kappa shape index (κ3) is 2.89. The second kappa shape index (κ2) is 4.81. The van der Waals surface area contributed by atoms with Crippen molar-refractivity contribution in [1.29, 1.82) is 0 Å². The molecule has 0 bridgehead atoms. The molecule has 94 valence electrons. The maximum Gasteiger partial charge on any atom is 0.573 e. The zero-order valence-corrected chi connectivity index (χ0v) is 9.72. The molecule has 1 heterocycles. The number of carbonyl (C=O) groups excluding carboxylic acids is 1. The molecule has 1 aromatic carbocycles. The minimum Gasteiger partial charge on any atom is -0.406 e. The molecule has 0 radical (unpaired) electrons. The van der Waals surface area contributed by atoms with E-state index in [1.165, 1.54) is 35.6 Å². The van der Waals surface area contributed by atoms with Crippen molar-refractivity contribution in [3.63, 3.8) is 0 Å². The van der Waals surface area contributed by atoms with Gasteiger partial charge in [-0.25, -0.2) is 0 Å². The highest BCUT2D eigenvalue weighted by molar-refractivity contribution is 7.14. The molecule has 1 aromatic heterocycles. The Bertz CT molecular complexity index is 543. The zero-order valence-electron chi connectivity index (χ0n) is 8.90. The van der Waals surface area contributed by atoms with Crippen LogP contribution in [0.25, 0.3) is 10.4 Å². The Morgan fingerprint density at radius 1 is 1.11 bits per heavy atom. The Morgan fingerprint density at radius 2 is 1.78 bits per heavy atom. The molecule has 2 rings (SSSR count). The first-order valence-electron chi connectivity index (χ1n) is 4.88. The van der Waals surface area contributed by atoms with Gasteiger partial charge in [0.2, 0.25) is 0 Å². The second-order valence-corrected chi connectivity index (χ2v) is 4.31. The predicted molar refractivity (Wildman–Crippen MR) is 61.8 cm³/mol. The lowest BCUT2D eigenvalue weighted by Gasteiger charge is -2.09. The second-order valence-electron chi connectivity index (χ2n) is 3.40. The molecule has 0 saturated carbocycles. The third-order valence-electron chi connectivity index (χ3n) is 2.17. The highest BCUT2D eigenvalue weighted by atomic mass is 32.1. The minimum atomic E-state index is -4.70. The van der Waals surface area contributed by atoms with E-state index < -0.39 is 6.36 Å². The molecule has 0 saturated heterocycles. The van der Waals surface area contributed by atoms with Crippen LogP contribution in [0.1, 0.15) is 10.4 Å². The molecule has 0 amide bonds. The fraction of sp³-hybridized carbons (Fsp3) is 0.0833. The van der Waals surface area contributed by atoms with Crippen LogP contribution in [0, 0.1) is 0 Å². The van der Waals surface area contributed by atoms with Crippen LogP contribution >= 0.6 is 11.3 Å². The van der Waals surface area contributed by atoms with Crippen molar-refractivity contribution < 1.29 is 22.7 Å². The molecule has 0 N–H and O–H groups in total. The van der Waals surface area contributed by atoms with E-state index in [2.05, 4.69) is 4.74 Å². The normalized spacial score (nSPS) is 11.3.